The zero-order valence-electron chi connectivity index (χ0n) is 17.2. The number of rotatable bonds is 10. The van der Waals surface area contributed by atoms with Gasteiger partial charge in [-0.1, -0.05) is 76.0 Å². The molecule has 27 heavy (non-hydrogen) atoms. The van der Waals surface area contributed by atoms with Crippen molar-refractivity contribution in [1.29, 1.82) is 0 Å². The average molecular weight is 360 g/mol. The van der Waals surface area contributed by atoms with Gasteiger partial charge in [0.1, 0.15) is 7.28 Å². The summed E-state index contributed by atoms with van der Waals surface area (Å²) in [6.07, 6.45) is 12.0. The maximum absolute atomic E-state index is 4.43. The van der Waals surface area contributed by atoms with Crippen molar-refractivity contribution in [2.45, 2.75) is 77.0 Å². The van der Waals surface area contributed by atoms with Crippen LogP contribution in [-0.2, 0) is 12.7 Å². The van der Waals surface area contributed by atoms with Crippen molar-refractivity contribution in [3.05, 3.63) is 65.9 Å². The second-order valence-electron chi connectivity index (χ2n) is 8.50. The first-order valence-corrected chi connectivity index (χ1v) is 10.8. The number of benzene rings is 1. The summed E-state index contributed by atoms with van der Waals surface area (Å²) in [4.78, 5) is 0. The van der Waals surface area contributed by atoms with Gasteiger partial charge < -0.3 is 5.32 Å². The highest BCUT2D eigenvalue weighted by molar-refractivity contribution is 6.38. The van der Waals surface area contributed by atoms with E-state index < -0.39 is 0 Å². The van der Waals surface area contributed by atoms with E-state index in [0.717, 1.165) is 43.6 Å². The van der Waals surface area contributed by atoms with Crippen molar-refractivity contribution in [2.24, 2.45) is 5.92 Å². The SMILES string of the molecule is C=C(CCCC(=C)c1cccc2c1C[B]C(NC(=C)CC)C2)CC1CCC1. The standard InChI is InChI=1S/C25H35BN/c1-5-20(4)27-25-16-22-13-8-14-23(24(22)17-26-25)19(3)10-6-9-18(2)15-21-11-7-12-21/h8,13-14,21,25,27H,2-7,9-12,15-17H2,1H3. The summed E-state index contributed by atoms with van der Waals surface area (Å²) in [7, 11) is 2.40. The summed E-state index contributed by atoms with van der Waals surface area (Å²) in [6, 6.07) is 6.74. The predicted molar refractivity (Wildman–Crippen MR) is 120 cm³/mol. The quantitative estimate of drug-likeness (QED) is 0.386. The molecular weight excluding hydrogens is 325 g/mol. The molecule has 1 saturated carbocycles. The van der Waals surface area contributed by atoms with Crippen molar-refractivity contribution in [2.75, 3.05) is 0 Å². The highest BCUT2D eigenvalue weighted by atomic mass is 14.9. The fourth-order valence-corrected chi connectivity index (χ4v) is 4.35. The third-order valence-corrected chi connectivity index (χ3v) is 6.33. The number of hydrogen-bond donors (Lipinski definition) is 1. The molecule has 0 amide bonds. The summed E-state index contributed by atoms with van der Waals surface area (Å²) in [6.45, 7) is 15.0. The molecule has 1 aliphatic heterocycles. The first-order valence-electron chi connectivity index (χ1n) is 10.8. The summed E-state index contributed by atoms with van der Waals surface area (Å²) in [5, 5.41) is 3.55. The van der Waals surface area contributed by atoms with Gasteiger partial charge in [-0.3, -0.25) is 0 Å². The molecule has 1 unspecified atom stereocenters. The number of fused-ring (bicyclic) bond motifs is 1. The Morgan fingerprint density at radius 2 is 2.00 bits per heavy atom. The number of hydrogen-bond acceptors (Lipinski definition) is 1. The van der Waals surface area contributed by atoms with E-state index in [9.17, 15) is 0 Å². The summed E-state index contributed by atoms with van der Waals surface area (Å²) in [5.41, 5.74) is 8.19. The van der Waals surface area contributed by atoms with Gasteiger partial charge in [0.15, 0.2) is 0 Å². The lowest BCUT2D eigenvalue weighted by molar-refractivity contribution is 0.311. The van der Waals surface area contributed by atoms with Gasteiger partial charge in [-0.05, 0) is 72.6 Å². The molecule has 1 radical (unpaired) electrons. The van der Waals surface area contributed by atoms with Crippen LogP contribution in [-0.4, -0.2) is 13.2 Å². The summed E-state index contributed by atoms with van der Waals surface area (Å²) >= 11 is 0. The van der Waals surface area contributed by atoms with E-state index in [1.807, 2.05) is 0 Å². The molecule has 1 fully saturated rings. The molecule has 143 valence electrons. The van der Waals surface area contributed by atoms with E-state index >= 15 is 0 Å². The van der Waals surface area contributed by atoms with Crippen LogP contribution in [0.1, 0.15) is 75.0 Å². The molecule has 0 spiro atoms. The molecule has 0 saturated heterocycles. The van der Waals surface area contributed by atoms with E-state index in [0.29, 0.717) is 5.94 Å². The lowest BCUT2D eigenvalue weighted by Gasteiger charge is -2.28. The Bertz CT molecular complexity index is 698. The van der Waals surface area contributed by atoms with Crippen LogP contribution in [0.4, 0.5) is 0 Å². The molecule has 1 aromatic carbocycles. The molecular formula is C25H35BN. The van der Waals surface area contributed by atoms with E-state index in [4.69, 9.17) is 0 Å². The number of allylic oxidation sites excluding steroid dienone is 3. The van der Waals surface area contributed by atoms with E-state index in [2.05, 4.69) is 57.5 Å². The first kappa shape index (κ1) is 20.0. The minimum atomic E-state index is 0.406. The monoisotopic (exact) mass is 360 g/mol. The van der Waals surface area contributed by atoms with Crippen LogP contribution < -0.4 is 5.32 Å². The molecule has 1 heterocycles. The molecule has 1 aromatic rings. The van der Waals surface area contributed by atoms with Crippen molar-refractivity contribution in [1.82, 2.24) is 5.32 Å². The maximum atomic E-state index is 4.43. The smallest absolute Gasteiger partial charge is 0.146 e. The van der Waals surface area contributed by atoms with Crippen LogP contribution in [0.15, 0.2) is 49.2 Å². The minimum absolute atomic E-state index is 0.406. The van der Waals surface area contributed by atoms with E-state index in [-0.39, 0.29) is 0 Å². The zero-order valence-corrected chi connectivity index (χ0v) is 17.2. The van der Waals surface area contributed by atoms with Gasteiger partial charge in [-0.15, -0.1) is 0 Å². The Morgan fingerprint density at radius 3 is 2.70 bits per heavy atom. The highest BCUT2D eigenvalue weighted by Crippen LogP contribution is 2.34. The second-order valence-corrected chi connectivity index (χ2v) is 8.50. The Labute approximate surface area is 167 Å². The third-order valence-electron chi connectivity index (χ3n) is 6.33. The van der Waals surface area contributed by atoms with Crippen LogP contribution >= 0.6 is 0 Å². The molecule has 0 bridgehead atoms. The fraction of sp³-hybridized carbons (Fsp3) is 0.520. The molecule has 1 nitrogen and oxygen atoms in total. The van der Waals surface area contributed by atoms with Gasteiger partial charge in [0.2, 0.25) is 0 Å². The van der Waals surface area contributed by atoms with E-state index in [1.165, 1.54) is 59.9 Å². The normalized spacial score (nSPS) is 18.8. The Kier molecular flexibility index (Phi) is 7.04. The summed E-state index contributed by atoms with van der Waals surface area (Å²) in [5.74, 6) is 1.34. The number of nitrogens with one attached hydrogen (secondary N) is 1. The predicted octanol–water partition coefficient (Wildman–Crippen LogP) is 6.22. The van der Waals surface area contributed by atoms with Crippen molar-refractivity contribution in [3.8, 4) is 0 Å². The highest BCUT2D eigenvalue weighted by Gasteiger charge is 2.22. The van der Waals surface area contributed by atoms with Crippen molar-refractivity contribution in [3.63, 3.8) is 0 Å². The molecule has 2 aliphatic rings. The maximum Gasteiger partial charge on any atom is 0.146 e. The van der Waals surface area contributed by atoms with Gasteiger partial charge in [0, 0.05) is 5.70 Å². The third kappa shape index (κ3) is 5.40. The molecule has 1 atom stereocenters. The van der Waals surface area contributed by atoms with E-state index in [1.54, 1.807) is 0 Å². The molecule has 2 heteroatoms. The van der Waals surface area contributed by atoms with Gasteiger partial charge in [-0.25, -0.2) is 0 Å². The minimum Gasteiger partial charge on any atom is -0.394 e. The summed E-state index contributed by atoms with van der Waals surface area (Å²) < 4.78 is 0. The molecule has 1 N–H and O–H groups in total. The lowest BCUT2D eigenvalue weighted by Crippen LogP contribution is -2.40. The van der Waals surface area contributed by atoms with Crippen molar-refractivity contribution < 1.29 is 0 Å². The fourth-order valence-electron chi connectivity index (χ4n) is 4.35. The second kappa shape index (κ2) is 9.49. The van der Waals surface area contributed by atoms with Crippen LogP contribution in [0.3, 0.4) is 0 Å². The average Bonchev–Trinajstić information content (AvgIpc) is 2.63. The Balaban J connectivity index is 1.52. The van der Waals surface area contributed by atoms with Crippen LogP contribution in [0, 0.1) is 5.92 Å². The first-order chi connectivity index (χ1) is 13.1. The van der Waals surface area contributed by atoms with Crippen LogP contribution in [0.2, 0.25) is 0 Å². The largest absolute Gasteiger partial charge is 0.394 e. The Hall–Kier alpha value is -1.70. The van der Waals surface area contributed by atoms with Gasteiger partial charge in [0.05, 0.1) is 0 Å². The molecule has 0 aromatic heterocycles. The van der Waals surface area contributed by atoms with Gasteiger partial charge >= 0.3 is 0 Å². The van der Waals surface area contributed by atoms with Gasteiger partial charge in [-0.2, -0.15) is 0 Å². The Morgan fingerprint density at radius 1 is 1.19 bits per heavy atom. The zero-order chi connectivity index (χ0) is 19.2. The molecule has 1 aliphatic carbocycles. The van der Waals surface area contributed by atoms with Crippen molar-refractivity contribution >= 4 is 12.9 Å². The topological polar surface area (TPSA) is 12.0 Å². The molecule has 3 rings (SSSR count). The van der Waals surface area contributed by atoms with Crippen LogP contribution in [0.25, 0.3) is 5.57 Å². The lowest BCUT2D eigenvalue weighted by atomic mass is 9.57. The van der Waals surface area contributed by atoms with Gasteiger partial charge in [0.25, 0.3) is 0 Å². The van der Waals surface area contributed by atoms with Crippen LogP contribution in [0.5, 0.6) is 0 Å².